The summed E-state index contributed by atoms with van der Waals surface area (Å²) in [6.45, 7) is 0. The van der Waals surface area contributed by atoms with Crippen LogP contribution in [0.25, 0.3) is 0 Å². The summed E-state index contributed by atoms with van der Waals surface area (Å²) in [5.74, 6) is 0.340. The van der Waals surface area contributed by atoms with Crippen molar-refractivity contribution < 1.29 is 23.8 Å². The molecule has 0 amide bonds. The topological polar surface area (TPSA) is 61.8 Å². The van der Waals surface area contributed by atoms with Crippen molar-refractivity contribution in [3.8, 4) is 0 Å². The van der Waals surface area contributed by atoms with Crippen LogP contribution in [-0.4, -0.2) is 24.5 Å². The van der Waals surface area contributed by atoms with Crippen molar-refractivity contribution in [3.63, 3.8) is 0 Å². The summed E-state index contributed by atoms with van der Waals surface area (Å²) in [6.07, 6.45) is 2.26. The molecule has 2 unspecified atom stereocenters. The Morgan fingerprint density at radius 3 is 2.00 bits per heavy atom. The lowest BCUT2D eigenvalue weighted by atomic mass is 10.0. The molecule has 2 fully saturated rings. The molecule has 1 aliphatic heterocycles. The lowest BCUT2D eigenvalue weighted by Gasteiger charge is -2.22. The molecule has 4 atom stereocenters. The van der Waals surface area contributed by atoms with Crippen LogP contribution in [0.2, 0.25) is 0 Å². The summed E-state index contributed by atoms with van der Waals surface area (Å²) in [5.41, 5.74) is 0. The summed E-state index contributed by atoms with van der Waals surface area (Å²) in [6, 6.07) is 0. The highest BCUT2D eigenvalue weighted by Crippen LogP contribution is 2.43. The molecule has 0 spiro atoms. The van der Waals surface area contributed by atoms with E-state index in [1.165, 1.54) is 0 Å². The van der Waals surface area contributed by atoms with Gasteiger partial charge in [-0.05, 0) is 6.42 Å². The Morgan fingerprint density at radius 1 is 1.00 bits per heavy atom. The number of carbonyl (C=O) groups excluding carboxylic acids is 2. The Labute approximate surface area is 79.6 Å². The number of rotatable bonds is 0. The molecule has 3 aliphatic rings. The van der Waals surface area contributed by atoms with Crippen molar-refractivity contribution in [1.29, 1.82) is 0 Å². The number of hydrogen-bond donors (Lipinski definition) is 0. The molecule has 0 N–H and O–H groups in total. The van der Waals surface area contributed by atoms with Gasteiger partial charge in [0.15, 0.2) is 0 Å². The predicted molar refractivity (Wildman–Crippen MR) is 42.4 cm³/mol. The van der Waals surface area contributed by atoms with Crippen molar-refractivity contribution in [1.82, 2.24) is 0 Å². The molecule has 2 bridgehead atoms. The molecule has 5 heteroatoms. The molecular formula is C9H8O5. The van der Waals surface area contributed by atoms with Gasteiger partial charge in [-0.15, -0.1) is 0 Å². The largest absolute Gasteiger partial charge is 0.519 e. The number of cyclic esters (lactones) is 2. The number of fused-ring (bicyclic) bond motifs is 5. The van der Waals surface area contributed by atoms with E-state index >= 15 is 0 Å². The zero-order chi connectivity index (χ0) is 9.71. The molecule has 1 heterocycles. The van der Waals surface area contributed by atoms with E-state index in [0.717, 1.165) is 6.42 Å². The van der Waals surface area contributed by atoms with Crippen molar-refractivity contribution in [2.24, 2.45) is 11.8 Å². The van der Waals surface area contributed by atoms with Crippen LogP contribution in [-0.2, 0) is 14.2 Å². The van der Waals surface area contributed by atoms with Crippen molar-refractivity contribution in [2.75, 3.05) is 0 Å². The molecule has 74 valence electrons. The summed E-state index contributed by atoms with van der Waals surface area (Å²) >= 11 is 0. The van der Waals surface area contributed by atoms with E-state index in [-0.39, 0.29) is 24.0 Å². The molecule has 0 aromatic rings. The Kier molecular flexibility index (Phi) is 1.40. The highest BCUT2D eigenvalue weighted by Gasteiger charge is 2.51. The molecule has 2 aliphatic carbocycles. The van der Waals surface area contributed by atoms with E-state index < -0.39 is 12.3 Å². The molecule has 1 saturated carbocycles. The fourth-order valence-corrected chi connectivity index (χ4v) is 2.38. The van der Waals surface area contributed by atoms with Crippen molar-refractivity contribution in [3.05, 3.63) is 12.2 Å². The van der Waals surface area contributed by atoms with E-state index in [1.807, 2.05) is 12.2 Å². The van der Waals surface area contributed by atoms with Gasteiger partial charge in [-0.2, -0.15) is 0 Å². The Hall–Kier alpha value is -1.52. The van der Waals surface area contributed by atoms with E-state index in [0.29, 0.717) is 0 Å². The summed E-state index contributed by atoms with van der Waals surface area (Å²) in [5, 5.41) is 0. The summed E-state index contributed by atoms with van der Waals surface area (Å²) < 4.78 is 14.2. The maximum atomic E-state index is 10.9. The molecule has 1 saturated heterocycles. The Morgan fingerprint density at radius 2 is 1.50 bits per heavy atom. The van der Waals surface area contributed by atoms with Gasteiger partial charge < -0.3 is 14.2 Å². The zero-order valence-corrected chi connectivity index (χ0v) is 7.21. The van der Waals surface area contributed by atoms with E-state index in [1.54, 1.807) is 0 Å². The van der Waals surface area contributed by atoms with Gasteiger partial charge in [-0.1, -0.05) is 12.2 Å². The third kappa shape index (κ3) is 0.950. The molecule has 0 aromatic carbocycles. The lowest BCUT2D eigenvalue weighted by molar-refractivity contribution is 0.00826. The predicted octanol–water partition coefficient (Wildman–Crippen LogP) is 1.23. The molecule has 5 nitrogen and oxygen atoms in total. The van der Waals surface area contributed by atoms with Crippen LogP contribution in [0.3, 0.4) is 0 Å². The lowest BCUT2D eigenvalue weighted by Crippen LogP contribution is -2.34. The minimum atomic E-state index is -0.955. The fourth-order valence-electron chi connectivity index (χ4n) is 2.38. The standard InChI is InChI=1S/C9H8O5/c10-8-12-6-4-1-2-5(3-4)7(6)13-9(11)14-8/h1-2,4-7H,3H2/t4?,5?,6-,7+. The molecule has 0 radical (unpaired) electrons. The minimum Gasteiger partial charge on any atom is -0.426 e. The van der Waals surface area contributed by atoms with Gasteiger partial charge in [0.25, 0.3) is 0 Å². The van der Waals surface area contributed by atoms with Gasteiger partial charge in [0, 0.05) is 11.8 Å². The van der Waals surface area contributed by atoms with Crippen molar-refractivity contribution in [2.45, 2.75) is 18.6 Å². The Balaban J connectivity index is 1.92. The quantitative estimate of drug-likeness (QED) is 0.331. The highest BCUT2D eigenvalue weighted by atomic mass is 16.8. The first-order valence-electron chi connectivity index (χ1n) is 4.51. The van der Waals surface area contributed by atoms with Crippen LogP contribution in [0.4, 0.5) is 9.59 Å². The molecule has 14 heavy (non-hydrogen) atoms. The summed E-state index contributed by atoms with van der Waals surface area (Å²) in [7, 11) is 0. The third-order valence-electron chi connectivity index (χ3n) is 2.95. The second-order valence-corrected chi connectivity index (χ2v) is 3.72. The second-order valence-electron chi connectivity index (χ2n) is 3.72. The van der Waals surface area contributed by atoms with Gasteiger partial charge in [0.2, 0.25) is 0 Å². The first-order chi connectivity index (χ1) is 6.74. The van der Waals surface area contributed by atoms with Crippen LogP contribution in [0.1, 0.15) is 6.42 Å². The SMILES string of the molecule is O=C1OC(=O)O[C@H]2C3C=CC(C3)[C@H]2O1. The maximum absolute atomic E-state index is 10.9. The number of hydrogen-bond acceptors (Lipinski definition) is 5. The average Bonchev–Trinajstić information content (AvgIpc) is 2.64. The van der Waals surface area contributed by atoms with Gasteiger partial charge in [0.1, 0.15) is 12.2 Å². The molecule has 0 aromatic heterocycles. The monoisotopic (exact) mass is 196 g/mol. The molecular weight excluding hydrogens is 188 g/mol. The van der Waals surface area contributed by atoms with Crippen LogP contribution in [0.15, 0.2) is 12.2 Å². The Bertz CT molecular complexity index is 304. The first-order valence-corrected chi connectivity index (χ1v) is 4.51. The highest BCUT2D eigenvalue weighted by molar-refractivity contribution is 5.78. The first kappa shape index (κ1) is 7.84. The average molecular weight is 196 g/mol. The van der Waals surface area contributed by atoms with Crippen LogP contribution in [0.5, 0.6) is 0 Å². The number of carbonyl (C=O) groups is 2. The zero-order valence-electron chi connectivity index (χ0n) is 7.21. The van der Waals surface area contributed by atoms with Crippen LogP contribution < -0.4 is 0 Å². The third-order valence-corrected chi connectivity index (χ3v) is 2.95. The fraction of sp³-hybridized carbons (Fsp3) is 0.556. The summed E-state index contributed by atoms with van der Waals surface area (Å²) in [4.78, 5) is 21.9. The maximum Gasteiger partial charge on any atom is 0.519 e. The van der Waals surface area contributed by atoms with Gasteiger partial charge >= 0.3 is 12.3 Å². The number of ether oxygens (including phenoxy) is 3. The second kappa shape index (κ2) is 2.50. The van der Waals surface area contributed by atoms with E-state index in [4.69, 9.17) is 9.47 Å². The van der Waals surface area contributed by atoms with Crippen LogP contribution >= 0.6 is 0 Å². The van der Waals surface area contributed by atoms with E-state index in [2.05, 4.69) is 4.74 Å². The molecule has 3 rings (SSSR count). The van der Waals surface area contributed by atoms with Gasteiger partial charge in [-0.3, -0.25) is 0 Å². The van der Waals surface area contributed by atoms with Gasteiger partial charge in [0.05, 0.1) is 0 Å². The van der Waals surface area contributed by atoms with Gasteiger partial charge in [-0.25, -0.2) is 9.59 Å². The van der Waals surface area contributed by atoms with E-state index in [9.17, 15) is 9.59 Å². The van der Waals surface area contributed by atoms with Crippen molar-refractivity contribution >= 4 is 12.3 Å². The van der Waals surface area contributed by atoms with Crippen LogP contribution in [0, 0.1) is 11.8 Å². The normalized spacial score (nSPS) is 43.7. The smallest absolute Gasteiger partial charge is 0.426 e. The minimum absolute atomic E-state index is 0.170.